The first kappa shape index (κ1) is 19.4. The van der Waals surface area contributed by atoms with Crippen molar-refractivity contribution in [2.24, 2.45) is 5.41 Å². The first-order valence-electron chi connectivity index (χ1n) is 8.46. The number of nitro benzene ring substituents is 1. The van der Waals surface area contributed by atoms with Gasteiger partial charge in [0.2, 0.25) is 0 Å². The van der Waals surface area contributed by atoms with E-state index in [-0.39, 0.29) is 29.7 Å². The summed E-state index contributed by atoms with van der Waals surface area (Å²) in [7, 11) is 0. The third kappa shape index (κ3) is 6.20. The molecule has 0 aliphatic carbocycles. The summed E-state index contributed by atoms with van der Waals surface area (Å²) in [6.45, 7) is 6.16. The van der Waals surface area contributed by atoms with Crippen LogP contribution in [0.5, 0.6) is 5.75 Å². The Morgan fingerprint density at radius 2 is 1.85 bits per heavy atom. The van der Waals surface area contributed by atoms with Gasteiger partial charge in [-0.05, 0) is 23.5 Å². The fraction of sp³-hybridized carbons (Fsp3) is 0.350. The highest BCUT2D eigenvalue weighted by atomic mass is 16.6. The molecule has 0 aliphatic rings. The number of nitro groups is 1. The minimum atomic E-state index is -0.498. The monoisotopic (exact) mass is 356 g/mol. The molecule has 1 amide bonds. The summed E-state index contributed by atoms with van der Waals surface area (Å²) in [5, 5.41) is 13.8. The van der Waals surface area contributed by atoms with Gasteiger partial charge in [-0.25, -0.2) is 0 Å². The smallest absolute Gasteiger partial charge is 0.273 e. The number of carbonyl (C=O) groups is 1. The quantitative estimate of drug-likeness (QED) is 0.593. The van der Waals surface area contributed by atoms with Crippen LogP contribution in [0.4, 0.5) is 5.69 Å². The Kier molecular flexibility index (Phi) is 6.33. The van der Waals surface area contributed by atoms with E-state index in [1.165, 1.54) is 18.2 Å². The molecule has 26 heavy (non-hydrogen) atoms. The van der Waals surface area contributed by atoms with E-state index in [1.54, 1.807) is 6.07 Å². The van der Waals surface area contributed by atoms with Crippen LogP contribution in [0.2, 0.25) is 0 Å². The van der Waals surface area contributed by atoms with Crippen molar-refractivity contribution in [3.05, 3.63) is 70.3 Å². The molecule has 1 N–H and O–H groups in total. The first-order chi connectivity index (χ1) is 12.2. The molecule has 0 bridgehead atoms. The Labute approximate surface area is 153 Å². The van der Waals surface area contributed by atoms with Crippen molar-refractivity contribution in [1.29, 1.82) is 0 Å². The minimum Gasteiger partial charge on any atom is -0.484 e. The number of rotatable bonds is 7. The molecule has 2 aromatic rings. The van der Waals surface area contributed by atoms with Crippen LogP contribution in [0.3, 0.4) is 0 Å². The topological polar surface area (TPSA) is 81.5 Å². The molecule has 0 aliphatic heterocycles. The molecule has 0 radical (unpaired) electrons. The average Bonchev–Trinajstić information content (AvgIpc) is 2.59. The van der Waals surface area contributed by atoms with Crippen molar-refractivity contribution in [2.45, 2.75) is 33.2 Å². The molecule has 138 valence electrons. The number of carbonyl (C=O) groups excluding carboxylic acids is 1. The molecule has 6 nitrogen and oxygen atoms in total. The molecule has 0 heterocycles. The third-order valence-corrected chi connectivity index (χ3v) is 3.75. The molecule has 0 saturated heterocycles. The van der Waals surface area contributed by atoms with Gasteiger partial charge in [0.05, 0.1) is 17.0 Å². The van der Waals surface area contributed by atoms with Gasteiger partial charge in [-0.3, -0.25) is 14.9 Å². The minimum absolute atomic E-state index is 0.0364. The second kappa shape index (κ2) is 8.47. The molecule has 1 atom stereocenters. The van der Waals surface area contributed by atoms with Crippen molar-refractivity contribution in [1.82, 2.24) is 5.32 Å². The van der Waals surface area contributed by atoms with Gasteiger partial charge < -0.3 is 10.1 Å². The number of amides is 1. The lowest BCUT2D eigenvalue weighted by Gasteiger charge is -2.27. The van der Waals surface area contributed by atoms with E-state index in [0.717, 1.165) is 12.0 Å². The highest BCUT2D eigenvalue weighted by Gasteiger charge is 2.22. The predicted octanol–water partition coefficient (Wildman–Crippen LogP) is 4.27. The second-order valence-corrected chi connectivity index (χ2v) is 7.34. The van der Waals surface area contributed by atoms with Crippen molar-refractivity contribution in [3.63, 3.8) is 0 Å². The number of hydrogen-bond donors (Lipinski definition) is 1. The van der Waals surface area contributed by atoms with Gasteiger partial charge in [0.25, 0.3) is 11.6 Å². The van der Waals surface area contributed by atoms with Gasteiger partial charge in [-0.15, -0.1) is 0 Å². The van der Waals surface area contributed by atoms with Crippen molar-refractivity contribution < 1.29 is 14.5 Å². The molecule has 0 aromatic heterocycles. The Morgan fingerprint density at radius 3 is 2.46 bits per heavy atom. The Bertz CT molecular complexity index is 754. The highest BCUT2D eigenvalue weighted by molar-refractivity contribution is 5.78. The summed E-state index contributed by atoms with van der Waals surface area (Å²) in [5.41, 5.74) is 0.998. The summed E-state index contributed by atoms with van der Waals surface area (Å²) in [5.74, 6) is 0.0241. The van der Waals surface area contributed by atoms with Crippen LogP contribution in [0.25, 0.3) is 0 Å². The normalized spacial score (nSPS) is 12.3. The molecule has 2 aromatic carbocycles. The molecule has 0 saturated carbocycles. The lowest BCUT2D eigenvalue weighted by Crippen LogP contribution is -2.34. The van der Waals surface area contributed by atoms with Crippen LogP contribution in [0, 0.1) is 15.5 Å². The van der Waals surface area contributed by atoms with Gasteiger partial charge in [-0.2, -0.15) is 0 Å². The summed E-state index contributed by atoms with van der Waals surface area (Å²) < 4.78 is 5.41. The van der Waals surface area contributed by atoms with Crippen molar-refractivity contribution >= 4 is 11.6 Å². The number of nitrogens with zero attached hydrogens (tertiary/aromatic N) is 1. The number of hydrogen-bond acceptors (Lipinski definition) is 4. The number of benzene rings is 2. The zero-order valence-electron chi connectivity index (χ0n) is 15.3. The van der Waals surface area contributed by atoms with Crippen LogP contribution in [-0.4, -0.2) is 17.4 Å². The third-order valence-electron chi connectivity index (χ3n) is 3.75. The molecular weight excluding hydrogens is 332 g/mol. The van der Waals surface area contributed by atoms with E-state index in [9.17, 15) is 14.9 Å². The van der Waals surface area contributed by atoms with Crippen LogP contribution < -0.4 is 10.1 Å². The van der Waals surface area contributed by atoms with E-state index in [2.05, 4.69) is 26.1 Å². The average molecular weight is 356 g/mol. The van der Waals surface area contributed by atoms with E-state index >= 15 is 0 Å². The van der Waals surface area contributed by atoms with Crippen LogP contribution in [-0.2, 0) is 4.79 Å². The number of nitrogens with one attached hydrogen (secondary N) is 1. The maximum Gasteiger partial charge on any atom is 0.273 e. The number of ether oxygens (including phenoxy) is 1. The Morgan fingerprint density at radius 1 is 1.15 bits per heavy atom. The fourth-order valence-corrected chi connectivity index (χ4v) is 2.62. The molecule has 0 fully saturated rings. The van der Waals surface area contributed by atoms with Gasteiger partial charge in [0.1, 0.15) is 5.75 Å². The summed E-state index contributed by atoms with van der Waals surface area (Å²) in [4.78, 5) is 22.6. The summed E-state index contributed by atoms with van der Waals surface area (Å²) in [6.07, 6.45) is 0.777. The lowest BCUT2D eigenvalue weighted by molar-refractivity contribution is -0.384. The van der Waals surface area contributed by atoms with Gasteiger partial charge in [-0.1, -0.05) is 57.2 Å². The fourth-order valence-electron chi connectivity index (χ4n) is 2.62. The van der Waals surface area contributed by atoms with Crippen LogP contribution in [0.15, 0.2) is 54.6 Å². The largest absolute Gasteiger partial charge is 0.484 e. The molecule has 0 spiro atoms. The highest BCUT2D eigenvalue weighted by Crippen LogP contribution is 2.29. The van der Waals surface area contributed by atoms with Crippen molar-refractivity contribution in [2.75, 3.05) is 6.61 Å². The predicted molar refractivity (Wildman–Crippen MR) is 100.0 cm³/mol. The molecule has 1 unspecified atom stereocenters. The van der Waals surface area contributed by atoms with Crippen LogP contribution in [0.1, 0.15) is 38.8 Å². The second-order valence-electron chi connectivity index (χ2n) is 7.34. The van der Waals surface area contributed by atoms with Gasteiger partial charge >= 0.3 is 0 Å². The first-order valence-corrected chi connectivity index (χ1v) is 8.46. The zero-order chi connectivity index (χ0) is 19.2. The summed E-state index contributed by atoms with van der Waals surface area (Å²) in [6, 6.07) is 15.5. The molecule has 6 heteroatoms. The number of non-ortho nitro benzene ring substituents is 1. The lowest BCUT2D eigenvalue weighted by atomic mass is 9.85. The Hall–Kier alpha value is -2.89. The SMILES string of the molecule is CC(C)(C)CC(NC(=O)COc1cccc([N+](=O)[O-])c1)c1ccccc1. The standard InChI is InChI=1S/C20H24N2O4/c1-20(2,3)13-18(15-8-5-4-6-9-15)21-19(23)14-26-17-11-7-10-16(12-17)22(24)25/h4-12,18H,13-14H2,1-3H3,(H,21,23). The Balaban J connectivity index is 2.01. The van der Waals surface area contributed by atoms with Crippen molar-refractivity contribution in [3.8, 4) is 5.75 Å². The maximum absolute atomic E-state index is 12.3. The summed E-state index contributed by atoms with van der Waals surface area (Å²) >= 11 is 0. The van der Waals surface area contributed by atoms with Gasteiger partial charge in [0.15, 0.2) is 6.61 Å². The van der Waals surface area contributed by atoms with E-state index < -0.39 is 4.92 Å². The van der Waals surface area contributed by atoms with E-state index in [1.807, 2.05) is 30.3 Å². The van der Waals surface area contributed by atoms with Crippen LogP contribution >= 0.6 is 0 Å². The maximum atomic E-state index is 12.3. The van der Waals surface area contributed by atoms with E-state index in [4.69, 9.17) is 4.74 Å². The van der Waals surface area contributed by atoms with Gasteiger partial charge in [0, 0.05) is 6.07 Å². The molecule has 2 rings (SSSR count). The zero-order valence-corrected chi connectivity index (χ0v) is 15.3. The van der Waals surface area contributed by atoms with E-state index in [0.29, 0.717) is 5.75 Å². The molecular formula is C20H24N2O4.